The Kier molecular flexibility index (Phi) is 8.06. The number of carbonyl (C=O) groups is 2. The molecule has 0 aliphatic rings. The average molecular weight is 503 g/mol. The fourth-order valence-corrected chi connectivity index (χ4v) is 4.25. The lowest BCUT2D eigenvalue weighted by Crippen LogP contribution is -2.27. The van der Waals surface area contributed by atoms with Crippen molar-refractivity contribution in [2.75, 3.05) is 31.4 Å². The Morgan fingerprint density at radius 3 is 2.35 bits per heavy atom. The number of thiophene rings is 1. The Morgan fingerprint density at radius 1 is 1.03 bits per heavy atom. The van der Waals surface area contributed by atoms with Gasteiger partial charge in [-0.2, -0.15) is 0 Å². The molecule has 7 nitrogen and oxygen atoms in total. The molecule has 0 spiro atoms. The van der Waals surface area contributed by atoms with Crippen molar-refractivity contribution < 1.29 is 23.8 Å². The van der Waals surface area contributed by atoms with Crippen LogP contribution in [0.2, 0.25) is 5.02 Å². The molecular formula is C25H27ClN2O5S. The first-order valence-electron chi connectivity index (χ1n) is 10.5. The first-order chi connectivity index (χ1) is 16.1. The first kappa shape index (κ1) is 25.4. The van der Waals surface area contributed by atoms with Crippen molar-refractivity contribution in [3.63, 3.8) is 0 Å². The van der Waals surface area contributed by atoms with Crippen LogP contribution in [0.15, 0.2) is 48.5 Å². The minimum absolute atomic E-state index is 0.256. The van der Waals surface area contributed by atoms with E-state index in [9.17, 15) is 9.59 Å². The number of esters is 1. The fourth-order valence-electron chi connectivity index (χ4n) is 3.06. The molecule has 9 heteroatoms. The Morgan fingerprint density at radius 2 is 1.74 bits per heavy atom. The van der Waals surface area contributed by atoms with E-state index in [1.54, 1.807) is 46.0 Å². The highest BCUT2D eigenvalue weighted by Gasteiger charge is 2.19. The molecule has 0 radical (unpaired) electrons. The number of amides is 1. The Hall–Kier alpha value is -3.23. The van der Waals surface area contributed by atoms with Gasteiger partial charge in [-0.15, -0.1) is 11.3 Å². The molecule has 0 aliphatic carbocycles. The number of nitrogens with one attached hydrogen (secondary N) is 2. The Balaban J connectivity index is 1.73. The molecular weight excluding hydrogens is 476 g/mol. The van der Waals surface area contributed by atoms with E-state index in [0.717, 1.165) is 16.1 Å². The number of methoxy groups -OCH3 is 1. The quantitative estimate of drug-likeness (QED) is 0.362. The highest BCUT2D eigenvalue weighted by molar-refractivity contribution is 7.18. The standard InChI is InChI=1S/C25H27ClN2O5S/c1-25(2,3)33-22(29)14-32-19-11-10-17(12-20(19)31-5)28-24(30)23-18(27-4)13-21(34-23)15-6-8-16(26)9-7-15/h6-13,27H,14H2,1-5H3,(H,28,30). The number of ether oxygens (including phenoxy) is 3. The van der Waals surface area contributed by atoms with E-state index in [1.807, 2.05) is 30.3 Å². The van der Waals surface area contributed by atoms with Gasteiger partial charge in [0.25, 0.3) is 5.91 Å². The minimum Gasteiger partial charge on any atom is -0.493 e. The molecule has 3 rings (SSSR count). The van der Waals surface area contributed by atoms with Crippen LogP contribution in [-0.4, -0.2) is 38.2 Å². The molecule has 1 amide bonds. The SMILES string of the molecule is CNc1cc(-c2ccc(Cl)cc2)sc1C(=O)Nc1ccc(OCC(=O)OC(C)(C)C)c(OC)c1. The van der Waals surface area contributed by atoms with Crippen molar-refractivity contribution in [1.82, 2.24) is 0 Å². The molecule has 0 bridgehead atoms. The third kappa shape index (κ3) is 6.65. The topological polar surface area (TPSA) is 85.9 Å². The van der Waals surface area contributed by atoms with Crippen LogP contribution in [0.1, 0.15) is 30.4 Å². The van der Waals surface area contributed by atoms with E-state index in [1.165, 1.54) is 18.4 Å². The molecule has 2 aromatic carbocycles. The van der Waals surface area contributed by atoms with Crippen molar-refractivity contribution in [3.8, 4) is 21.9 Å². The second-order valence-electron chi connectivity index (χ2n) is 8.31. The first-order valence-corrected chi connectivity index (χ1v) is 11.7. The number of hydrogen-bond donors (Lipinski definition) is 2. The predicted molar refractivity (Wildman–Crippen MR) is 137 cm³/mol. The van der Waals surface area contributed by atoms with E-state index in [2.05, 4.69) is 10.6 Å². The van der Waals surface area contributed by atoms with Gasteiger partial charge in [0.1, 0.15) is 10.5 Å². The molecule has 0 aliphatic heterocycles. The highest BCUT2D eigenvalue weighted by Crippen LogP contribution is 2.36. The summed E-state index contributed by atoms with van der Waals surface area (Å²) < 4.78 is 16.2. The monoisotopic (exact) mass is 502 g/mol. The van der Waals surface area contributed by atoms with Gasteiger partial charge in [-0.25, -0.2) is 4.79 Å². The summed E-state index contributed by atoms with van der Waals surface area (Å²) in [5.41, 5.74) is 1.62. The van der Waals surface area contributed by atoms with Crippen molar-refractivity contribution in [1.29, 1.82) is 0 Å². The van der Waals surface area contributed by atoms with Gasteiger partial charge in [-0.3, -0.25) is 4.79 Å². The van der Waals surface area contributed by atoms with Gasteiger partial charge < -0.3 is 24.8 Å². The van der Waals surface area contributed by atoms with Gasteiger partial charge in [0.05, 0.1) is 12.8 Å². The van der Waals surface area contributed by atoms with Crippen LogP contribution < -0.4 is 20.1 Å². The molecule has 0 unspecified atom stereocenters. The normalized spacial score (nSPS) is 11.0. The maximum absolute atomic E-state index is 13.0. The van der Waals surface area contributed by atoms with Gasteiger partial charge in [0.15, 0.2) is 18.1 Å². The summed E-state index contributed by atoms with van der Waals surface area (Å²) in [5.74, 6) is -0.00796. The predicted octanol–water partition coefficient (Wildman–Crippen LogP) is 6.09. The molecule has 1 aromatic heterocycles. The number of benzene rings is 2. The lowest BCUT2D eigenvalue weighted by molar-refractivity contribution is -0.157. The number of rotatable bonds is 8. The van der Waals surface area contributed by atoms with Crippen LogP contribution in [0.3, 0.4) is 0 Å². The maximum atomic E-state index is 13.0. The lowest BCUT2D eigenvalue weighted by atomic mass is 10.2. The van der Waals surface area contributed by atoms with E-state index in [0.29, 0.717) is 27.1 Å². The Labute approximate surface area is 208 Å². The highest BCUT2D eigenvalue weighted by atomic mass is 35.5. The Bertz CT molecular complexity index is 1170. The van der Waals surface area contributed by atoms with E-state index in [-0.39, 0.29) is 12.5 Å². The second-order valence-corrected chi connectivity index (χ2v) is 9.79. The summed E-state index contributed by atoms with van der Waals surface area (Å²) in [7, 11) is 3.25. The molecule has 0 atom stereocenters. The summed E-state index contributed by atoms with van der Waals surface area (Å²) in [6.45, 7) is 5.10. The number of anilines is 2. The van der Waals surface area contributed by atoms with Gasteiger partial charge >= 0.3 is 5.97 Å². The fraction of sp³-hybridized carbons (Fsp3) is 0.280. The van der Waals surface area contributed by atoms with E-state index in [4.69, 9.17) is 25.8 Å². The zero-order valence-electron chi connectivity index (χ0n) is 19.7. The maximum Gasteiger partial charge on any atom is 0.344 e. The smallest absolute Gasteiger partial charge is 0.344 e. The van der Waals surface area contributed by atoms with Gasteiger partial charge in [-0.1, -0.05) is 23.7 Å². The van der Waals surface area contributed by atoms with Crippen LogP contribution in [-0.2, 0) is 9.53 Å². The number of carbonyl (C=O) groups excluding carboxylic acids is 2. The van der Waals surface area contributed by atoms with Crippen molar-refractivity contribution in [2.24, 2.45) is 0 Å². The van der Waals surface area contributed by atoms with Crippen molar-refractivity contribution in [2.45, 2.75) is 26.4 Å². The summed E-state index contributed by atoms with van der Waals surface area (Å²) in [5, 5.41) is 6.61. The van der Waals surface area contributed by atoms with Crippen LogP contribution in [0, 0.1) is 0 Å². The lowest BCUT2D eigenvalue weighted by Gasteiger charge is -2.19. The second kappa shape index (κ2) is 10.8. The summed E-state index contributed by atoms with van der Waals surface area (Å²) in [6, 6.07) is 14.3. The van der Waals surface area contributed by atoms with Gasteiger partial charge in [0.2, 0.25) is 0 Å². The van der Waals surface area contributed by atoms with Crippen LogP contribution in [0.25, 0.3) is 10.4 Å². The molecule has 180 valence electrons. The average Bonchev–Trinajstić information content (AvgIpc) is 3.22. The van der Waals surface area contributed by atoms with Gasteiger partial charge in [0, 0.05) is 28.7 Å². The molecule has 34 heavy (non-hydrogen) atoms. The van der Waals surface area contributed by atoms with Crippen LogP contribution >= 0.6 is 22.9 Å². The summed E-state index contributed by atoms with van der Waals surface area (Å²) in [6.07, 6.45) is 0. The van der Waals surface area contributed by atoms with E-state index < -0.39 is 11.6 Å². The molecule has 0 saturated heterocycles. The number of halogens is 1. The zero-order valence-corrected chi connectivity index (χ0v) is 21.2. The molecule has 1 heterocycles. The molecule has 0 fully saturated rings. The van der Waals surface area contributed by atoms with Crippen LogP contribution in [0.4, 0.5) is 11.4 Å². The third-order valence-corrected chi connectivity index (χ3v) is 5.96. The minimum atomic E-state index is -0.597. The van der Waals surface area contributed by atoms with Crippen molar-refractivity contribution >= 4 is 46.2 Å². The summed E-state index contributed by atoms with van der Waals surface area (Å²) >= 11 is 7.36. The molecule has 2 N–H and O–H groups in total. The number of hydrogen-bond acceptors (Lipinski definition) is 7. The zero-order chi connectivity index (χ0) is 24.9. The molecule has 0 saturated carbocycles. The van der Waals surface area contributed by atoms with Gasteiger partial charge in [-0.05, 0) is 56.7 Å². The third-order valence-electron chi connectivity index (χ3n) is 4.52. The van der Waals surface area contributed by atoms with Crippen LogP contribution in [0.5, 0.6) is 11.5 Å². The molecule has 3 aromatic rings. The summed E-state index contributed by atoms with van der Waals surface area (Å²) in [4.78, 5) is 26.4. The van der Waals surface area contributed by atoms with E-state index >= 15 is 0 Å². The largest absolute Gasteiger partial charge is 0.493 e. The van der Waals surface area contributed by atoms with Crippen molar-refractivity contribution in [3.05, 3.63) is 58.4 Å².